The van der Waals surface area contributed by atoms with Gasteiger partial charge in [0, 0.05) is 53.3 Å². The number of hydrogen-bond acceptors (Lipinski definition) is 33. The van der Waals surface area contributed by atoms with Crippen LogP contribution in [-0.2, 0) is 42.2 Å². The van der Waals surface area contributed by atoms with Crippen LogP contribution in [-0.4, -0.2) is 147 Å². The van der Waals surface area contributed by atoms with Gasteiger partial charge in [-0.05, 0) is 85.3 Å². The lowest BCUT2D eigenvalue weighted by molar-refractivity contribution is 0.215. The molecule has 502 valence electrons. The number of aryl methyl sites for hydroxylation is 1. The van der Waals surface area contributed by atoms with E-state index in [1.54, 1.807) is 70.9 Å². The Kier molecular flexibility index (Phi) is 26.4. The number of ether oxygens (including phenoxy) is 5. The summed E-state index contributed by atoms with van der Waals surface area (Å²) in [4.78, 5) is 59.0. The lowest BCUT2D eigenvalue weighted by Crippen LogP contribution is -2.14. The predicted octanol–water partition coefficient (Wildman–Crippen LogP) is 7.64. The van der Waals surface area contributed by atoms with Gasteiger partial charge in [-0.25, -0.2) is 63.0 Å². The summed E-state index contributed by atoms with van der Waals surface area (Å²) in [6.45, 7) is 0. The first-order valence-electron chi connectivity index (χ1n) is 28.4. The van der Waals surface area contributed by atoms with Crippen LogP contribution >= 0.6 is 0 Å². The molecule has 34 nitrogen and oxygen atoms in total. The molecular weight excluding hydrogens is 1260 g/mol. The average molecular weight is 1330 g/mol. The number of nitrogens with two attached hydrogens (primary N) is 4. The minimum absolute atomic E-state index is 0.0109. The summed E-state index contributed by atoms with van der Waals surface area (Å²) in [7, 11) is 9.72. The van der Waals surface area contributed by atoms with Gasteiger partial charge in [-0.2, -0.15) is 0 Å². The van der Waals surface area contributed by atoms with Gasteiger partial charge in [-0.1, -0.05) is 32.8 Å². The monoisotopic (exact) mass is 1330 g/mol. The largest absolute Gasteiger partial charge is 0.493 e. The SMILES string of the molecule is CO/N=C/c1c(N)ncnc1Nc1cc(OC)c(OC)c(OC)c1.CO/N=C/c1c(N)ncnc1Nc1ccc(OC)c(OC)c1.CO/N=C/c1c(N)ncnc1Nc1ccc(S(=O)(=O)Nc2ncccn2)cc1.CO/N=C/c1c(N)ncnc1Nc1cccc2c1CCCC2. The van der Waals surface area contributed by atoms with Crippen molar-refractivity contribution in [3.63, 3.8) is 0 Å². The highest BCUT2D eigenvalue weighted by Gasteiger charge is 2.20. The first-order chi connectivity index (χ1) is 46.6. The second kappa shape index (κ2) is 35.8. The molecule has 96 heavy (non-hydrogen) atoms. The van der Waals surface area contributed by atoms with Crippen LogP contribution in [0.4, 0.5) is 75.2 Å². The van der Waals surface area contributed by atoms with E-state index in [1.807, 2.05) is 6.07 Å². The molecule has 0 spiro atoms. The van der Waals surface area contributed by atoms with E-state index in [4.69, 9.17) is 51.5 Å². The molecule has 0 bridgehead atoms. The van der Waals surface area contributed by atoms with Gasteiger partial charge in [0.1, 0.15) is 100 Å². The predicted molar refractivity (Wildman–Crippen MR) is 365 cm³/mol. The molecule has 0 aliphatic heterocycles. The minimum atomic E-state index is -3.82. The standard InChI is InChI=1S/C16H16N8O3S.C16H19N5O.C15H19N5O4.C14H17N5O3/c1-27-22-9-13-14(17)20-10-21-15(13)23-11-3-5-12(6-4-11)28(25,26)24-16-18-7-2-8-19-16;1-22-20-9-13-15(17)18-10-19-16(13)21-14-8-4-6-11-5-2-3-7-12(11)14;1-21-11-5-9(6-12(22-2)13(11)23-3)20-15-10(7-19-24-4)14(16)17-8-18-15;1-20-11-5-4-9(6-12(11)21-2)19-14-10(7-18-22-3)13(15)16-8-17-14/h2-10H,1H3,(H,18,19,24)(H3,17,20,21,23);4,6,8-10H,2-3,5,7H2,1H3,(H3,17,18,19,21);5-8H,1-4H3,(H3,16,17,18,20);4-8H,1-3H3,(H3,15,16,17,19)/b22-9+;20-9+;19-7+;18-7+. The van der Waals surface area contributed by atoms with Gasteiger partial charge in [0.25, 0.3) is 10.0 Å². The van der Waals surface area contributed by atoms with E-state index >= 15 is 0 Å². The molecule has 13 N–H and O–H groups in total. The molecule has 5 heterocycles. The van der Waals surface area contributed by atoms with E-state index in [9.17, 15) is 8.42 Å². The Hall–Kier alpha value is -12.7. The van der Waals surface area contributed by atoms with Crippen molar-refractivity contribution >= 4 is 110 Å². The number of nitrogen functional groups attached to an aromatic ring is 4. The maximum absolute atomic E-state index is 12.4. The van der Waals surface area contributed by atoms with Crippen molar-refractivity contribution in [2.45, 2.75) is 30.6 Å². The first-order valence-corrected chi connectivity index (χ1v) is 29.9. The zero-order valence-electron chi connectivity index (χ0n) is 53.6. The van der Waals surface area contributed by atoms with Crippen LogP contribution < -0.4 is 72.6 Å². The lowest BCUT2D eigenvalue weighted by atomic mass is 9.90. The summed E-state index contributed by atoms with van der Waals surface area (Å²) >= 11 is 0. The van der Waals surface area contributed by atoms with Gasteiger partial charge in [0.2, 0.25) is 11.7 Å². The van der Waals surface area contributed by atoms with Crippen LogP contribution in [0.25, 0.3) is 0 Å². The van der Waals surface area contributed by atoms with Crippen LogP contribution in [0.2, 0.25) is 0 Å². The fourth-order valence-electron chi connectivity index (χ4n) is 8.72. The van der Waals surface area contributed by atoms with E-state index in [0.29, 0.717) is 97.3 Å². The molecular formula is C61H71N23O11S. The fraction of sp³-hybridized carbons (Fsp3) is 0.213. The maximum Gasteiger partial charge on any atom is 0.264 e. The quantitative estimate of drug-likeness (QED) is 0.0207. The second-order valence-electron chi connectivity index (χ2n) is 19.1. The van der Waals surface area contributed by atoms with Crippen molar-refractivity contribution in [3.8, 4) is 28.7 Å². The van der Waals surface area contributed by atoms with Crippen molar-refractivity contribution in [3.05, 3.63) is 150 Å². The highest BCUT2D eigenvalue weighted by Crippen LogP contribution is 2.41. The van der Waals surface area contributed by atoms with Gasteiger partial charge < -0.3 is 87.2 Å². The minimum Gasteiger partial charge on any atom is -0.493 e. The van der Waals surface area contributed by atoms with Gasteiger partial charge in [-0.15, -0.1) is 0 Å². The topological polar surface area (TPSA) is 460 Å². The Bertz CT molecular complexity index is 4230. The van der Waals surface area contributed by atoms with Crippen molar-refractivity contribution in [2.24, 2.45) is 20.6 Å². The third kappa shape index (κ3) is 19.4. The summed E-state index contributed by atoms with van der Waals surface area (Å²) in [6, 6.07) is 22.8. The number of hydrogen-bond donors (Lipinski definition) is 9. The maximum atomic E-state index is 12.4. The van der Waals surface area contributed by atoms with E-state index in [-0.39, 0.29) is 22.5 Å². The zero-order chi connectivity index (χ0) is 68.8. The summed E-state index contributed by atoms with van der Waals surface area (Å²) < 4.78 is 53.5. The Morgan fingerprint density at radius 2 is 0.844 bits per heavy atom. The second-order valence-corrected chi connectivity index (χ2v) is 20.8. The average Bonchev–Trinajstić information content (AvgIpc) is 0.880. The van der Waals surface area contributed by atoms with Crippen LogP contribution in [0, 0.1) is 0 Å². The fourth-order valence-corrected chi connectivity index (χ4v) is 9.68. The number of methoxy groups -OCH3 is 5. The third-order valence-corrected chi connectivity index (χ3v) is 14.6. The smallest absolute Gasteiger partial charge is 0.264 e. The first kappa shape index (κ1) is 70.8. The van der Waals surface area contributed by atoms with Crippen molar-refractivity contribution in [1.82, 2.24) is 49.8 Å². The zero-order valence-corrected chi connectivity index (χ0v) is 54.4. The molecule has 10 rings (SSSR count). The van der Waals surface area contributed by atoms with Gasteiger partial charge >= 0.3 is 0 Å². The number of sulfonamides is 1. The van der Waals surface area contributed by atoms with Gasteiger partial charge in [0.05, 0.1) is 87.6 Å². The molecule has 0 atom stereocenters. The molecule has 0 fully saturated rings. The van der Waals surface area contributed by atoms with Crippen LogP contribution in [0.5, 0.6) is 28.7 Å². The number of nitrogens with zero attached hydrogens (tertiary/aromatic N) is 14. The summed E-state index contributed by atoms with van der Waals surface area (Å²) in [6.07, 6.45) is 18.8. The molecule has 0 radical (unpaired) electrons. The number of nitrogens with one attached hydrogen (secondary N) is 5. The van der Waals surface area contributed by atoms with E-state index in [0.717, 1.165) is 24.2 Å². The number of fused-ring (bicyclic) bond motifs is 1. The normalized spacial score (nSPS) is 11.5. The number of oxime groups is 4. The molecule has 35 heteroatoms. The van der Waals surface area contributed by atoms with E-state index in [1.165, 1.54) is 134 Å². The Balaban J connectivity index is 0.000000182. The molecule has 0 saturated heterocycles. The highest BCUT2D eigenvalue weighted by atomic mass is 32.2. The van der Waals surface area contributed by atoms with Crippen molar-refractivity contribution in [1.29, 1.82) is 0 Å². The molecule has 4 aromatic carbocycles. The van der Waals surface area contributed by atoms with Crippen molar-refractivity contribution < 1.29 is 51.5 Å². The molecule has 0 unspecified atom stereocenters. The Morgan fingerprint density at radius 3 is 1.29 bits per heavy atom. The van der Waals surface area contributed by atoms with E-state index in [2.05, 4.69) is 129 Å². The van der Waals surface area contributed by atoms with E-state index < -0.39 is 10.0 Å². The van der Waals surface area contributed by atoms with Crippen LogP contribution in [0.15, 0.2) is 142 Å². The van der Waals surface area contributed by atoms with Gasteiger partial charge in [0.15, 0.2) is 23.0 Å². The summed E-state index contributed by atoms with van der Waals surface area (Å²) in [5.41, 5.74) is 31.4. The third-order valence-electron chi connectivity index (χ3n) is 13.2. The highest BCUT2D eigenvalue weighted by molar-refractivity contribution is 7.92. The van der Waals surface area contributed by atoms with Crippen LogP contribution in [0.3, 0.4) is 0 Å². The number of anilines is 13. The Morgan fingerprint density at radius 1 is 0.427 bits per heavy atom. The molecule has 5 aromatic heterocycles. The molecule has 1 aliphatic carbocycles. The summed E-state index contributed by atoms with van der Waals surface area (Å²) in [5.74, 6) is 5.84. The molecule has 0 saturated carbocycles. The number of aromatic nitrogens is 10. The molecule has 1 aliphatic rings. The van der Waals surface area contributed by atoms with Gasteiger partial charge in [-0.3, -0.25) is 0 Å². The molecule has 9 aromatic rings. The Labute approximate surface area is 552 Å². The number of benzene rings is 4. The molecule has 0 amide bonds. The van der Waals surface area contributed by atoms with Crippen molar-refractivity contribution in [2.75, 3.05) is 113 Å². The number of rotatable bonds is 24. The summed E-state index contributed by atoms with van der Waals surface area (Å²) in [5, 5.41) is 27.5. The lowest BCUT2D eigenvalue weighted by Gasteiger charge is -2.20. The van der Waals surface area contributed by atoms with Crippen LogP contribution in [0.1, 0.15) is 46.2 Å².